The summed E-state index contributed by atoms with van der Waals surface area (Å²) in [6.45, 7) is 3.94. The van der Waals surface area contributed by atoms with Gasteiger partial charge in [-0.05, 0) is 31.0 Å². The van der Waals surface area contributed by atoms with Crippen molar-refractivity contribution >= 4 is 21.4 Å². The van der Waals surface area contributed by atoms with Crippen LogP contribution in [0.25, 0.3) is 0 Å². The summed E-state index contributed by atoms with van der Waals surface area (Å²) >= 11 is 0. The standard InChI is InChI=1S/C13H20N4O2S/c14-12-9-11(20(15,18)19)3-4-13(12)17-7-5-16(6-8-17)10-1-2-10/h3-4,9-10H,1-2,5-8,14H2,(H2,15,18,19). The quantitative estimate of drug-likeness (QED) is 0.777. The number of rotatable bonds is 3. The minimum Gasteiger partial charge on any atom is -0.397 e. The van der Waals surface area contributed by atoms with Gasteiger partial charge in [0.25, 0.3) is 0 Å². The van der Waals surface area contributed by atoms with E-state index in [0.29, 0.717) is 5.69 Å². The summed E-state index contributed by atoms with van der Waals surface area (Å²) in [4.78, 5) is 4.79. The predicted molar refractivity (Wildman–Crippen MR) is 79.0 cm³/mol. The van der Waals surface area contributed by atoms with Gasteiger partial charge in [0.05, 0.1) is 16.3 Å². The highest BCUT2D eigenvalue weighted by Crippen LogP contribution is 2.30. The first-order chi connectivity index (χ1) is 9.45. The van der Waals surface area contributed by atoms with Crippen LogP contribution in [0.2, 0.25) is 0 Å². The van der Waals surface area contributed by atoms with Crippen LogP contribution in [-0.4, -0.2) is 45.5 Å². The zero-order valence-corrected chi connectivity index (χ0v) is 12.1. The number of hydrogen-bond donors (Lipinski definition) is 2. The van der Waals surface area contributed by atoms with Gasteiger partial charge in [-0.3, -0.25) is 4.90 Å². The van der Waals surface area contributed by atoms with Crippen LogP contribution in [0.1, 0.15) is 12.8 Å². The number of primary sulfonamides is 1. The van der Waals surface area contributed by atoms with Crippen LogP contribution >= 0.6 is 0 Å². The summed E-state index contributed by atoms with van der Waals surface area (Å²) in [5, 5.41) is 5.11. The molecule has 1 heterocycles. The monoisotopic (exact) mass is 296 g/mol. The highest BCUT2D eigenvalue weighted by atomic mass is 32.2. The largest absolute Gasteiger partial charge is 0.397 e. The van der Waals surface area contributed by atoms with Crippen LogP contribution in [-0.2, 0) is 10.0 Å². The second-order valence-electron chi connectivity index (χ2n) is 5.52. The van der Waals surface area contributed by atoms with Gasteiger partial charge < -0.3 is 10.6 Å². The first kappa shape index (κ1) is 13.7. The van der Waals surface area contributed by atoms with E-state index in [1.807, 2.05) is 0 Å². The Morgan fingerprint density at radius 3 is 2.25 bits per heavy atom. The summed E-state index contributed by atoms with van der Waals surface area (Å²) in [6.07, 6.45) is 2.65. The average Bonchev–Trinajstić information content (AvgIpc) is 3.22. The maximum absolute atomic E-state index is 11.3. The Morgan fingerprint density at radius 2 is 1.75 bits per heavy atom. The zero-order valence-electron chi connectivity index (χ0n) is 11.3. The van der Waals surface area contributed by atoms with Crippen LogP contribution < -0.4 is 15.8 Å². The number of sulfonamides is 1. The molecule has 20 heavy (non-hydrogen) atoms. The molecule has 1 saturated heterocycles. The molecule has 110 valence electrons. The number of nitrogens with zero attached hydrogens (tertiary/aromatic N) is 2. The molecule has 0 aromatic heterocycles. The lowest BCUT2D eigenvalue weighted by Crippen LogP contribution is -2.47. The highest BCUT2D eigenvalue weighted by Gasteiger charge is 2.31. The number of nitrogen functional groups attached to an aromatic ring is 1. The summed E-state index contributed by atoms with van der Waals surface area (Å²) in [5.74, 6) is 0. The van der Waals surface area contributed by atoms with Gasteiger partial charge in [-0.2, -0.15) is 0 Å². The van der Waals surface area contributed by atoms with E-state index in [4.69, 9.17) is 10.9 Å². The van der Waals surface area contributed by atoms with Gasteiger partial charge in [0, 0.05) is 32.2 Å². The summed E-state index contributed by atoms with van der Waals surface area (Å²) in [7, 11) is -3.69. The molecule has 1 aliphatic carbocycles. The number of hydrogen-bond acceptors (Lipinski definition) is 5. The topological polar surface area (TPSA) is 92.7 Å². The Hall–Kier alpha value is -1.31. The molecule has 4 N–H and O–H groups in total. The van der Waals surface area contributed by atoms with Crippen LogP contribution in [0.3, 0.4) is 0 Å². The summed E-state index contributed by atoms with van der Waals surface area (Å²) in [6, 6.07) is 5.51. The second kappa shape index (κ2) is 4.91. The lowest BCUT2D eigenvalue weighted by atomic mass is 10.2. The third-order valence-corrected chi connectivity index (χ3v) is 4.96. The van der Waals surface area contributed by atoms with Crippen molar-refractivity contribution in [3.05, 3.63) is 18.2 Å². The smallest absolute Gasteiger partial charge is 0.238 e. The molecule has 1 aromatic rings. The molecule has 3 rings (SSSR count). The number of nitrogens with two attached hydrogens (primary N) is 2. The highest BCUT2D eigenvalue weighted by molar-refractivity contribution is 7.89. The Kier molecular flexibility index (Phi) is 3.35. The van der Waals surface area contributed by atoms with Crippen LogP contribution in [0.5, 0.6) is 0 Å². The molecule has 0 unspecified atom stereocenters. The van der Waals surface area contributed by atoms with Gasteiger partial charge in [0.15, 0.2) is 0 Å². The summed E-state index contributed by atoms with van der Waals surface area (Å²) in [5.41, 5.74) is 7.35. The fourth-order valence-corrected chi connectivity index (χ4v) is 3.31. The molecule has 7 heteroatoms. The Bertz CT molecular complexity index is 605. The van der Waals surface area contributed by atoms with Crippen molar-refractivity contribution < 1.29 is 8.42 Å². The lowest BCUT2D eigenvalue weighted by Gasteiger charge is -2.36. The van der Waals surface area contributed by atoms with E-state index < -0.39 is 10.0 Å². The molecule has 1 saturated carbocycles. The van der Waals surface area contributed by atoms with Gasteiger partial charge in [0.1, 0.15) is 0 Å². The van der Waals surface area contributed by atoms with Gasteiger partial charge in [-0.1, -0.05) is 0 Å². The van der Waals surface area contributed by atoms with Gasteiger partial charge in [0.2, 0.25) is 10.0 Å². The molecule has 0 bridgehead atoms. The molecule has 6 nitrogen and oxygen atoms in total. The fourth-order valence-electron chi connectivity index (χ4n) is 2.77. The van der Waals surface area contributed by atoms with E-state index >= 15 is 0 Å². The van der Waals surface area contributed by atoms with Crippen molar-refractivity contribution in [1.82, 2.24) is 4.90 Å². The minimum absolute atomic E-state index is 0.0652. The summed E-state index contributed by atoms with van der Waals surface area (Å²) < 4.78 is 22.6. The Labute approximate surface area is 119 Å². The minimum atomic E-state index is -3.69. The maximum atomic E-state index is 11.3. The Morgan fingerprint density at radius 1 is 1.10 bits per heavy atom. The third kappa shape index (κ3) is 2.74. The van der Waals surface area contributed by atoms with E-state index in [2.05, 4.69) is 9.80 Å². The average molecular weight is 296 g/mol. The first-order valence-corrected chi connectivity index (χ1v) is 8.41. The fraction of sp³-hybridized carbons (Fsp3) is 0.538. The number of anilines is 2. The number of benzene rings is 1. The molecule has 0 atom stereocenters. The molecule has 0 amide bonds. The molecule has 1 aliphatic heterocycles. The van der Waals surface area contributed by atoms with Crippen molar-refractivity contribution in [3.8, 4) is 0 Å². The third-order valence-electron chi connectivity index (χ3n) is 4.05. The van der Waals surface area contributed by atoms with Crippen molar-refractivity contribution in [2.45, 2.75) is 23.8 Å². The zero-order chi connectivity index (χ0) is 14.3. The van der Waals surface area contributed by atoms with Crippen molar-refractivity contribution in [2.75, 3.05) is 36.8 Å². The Balaban J connectivity index is 1.74. The molecule has 0 spiro atoms. The normalized spacial score (nSPS) is 21.1. The van der Waals surface area contributed by atoms with E-state index in [1.165, 1.54) is 25.0 Å². The van der Waals surface area contributed by atoms with E-state index in [-0.39, 0.29) is 4.90 Å². The van der Waals surface area contributed by atoms with E-state index in [0.717, 1.165) is 37.9 Å². The van der Waals surface area contributed by atoms with E-state index in [9.17, 15) is 8.42 Å². The lowest BCUT2D eigenvalue weighted by molar-refractivity contribution is 0.248. The maximum Gasteiger partial charge on any atom is 0.238 e. The number of piperazine rings is 1. The van der Waals surface area contributed by atoms with Crippen molar-refractivity contribution in [3.63, 3.8) is 0 Å². The molecule has 1 aromatic carbocycles. The van der Waals surface area contributed by atoms with Crippen molar-refractivity contribution in [2.24, 2.45) is 5.14 Å². The predicted octanol–water partition coefficient (Wildman–Crippen LogP) is 0.201. The SMILES string of the molecule is Nc1cc(S(N)(=O)=O)ccc1N1CCN(C2CC2)CC1. The second-order valence-corrected chi connectivity index (χ2v) is 7.08. The van der Waals surface area contributed by atoms with E-state index in [1.54, 1.807) is 6.07 Å². The molecular weight excluding hydrogens is 276 g/mol. The van der Waals surface area contributed by atoms with Crippen LogP contribution in [0.4, 0.5) is 11.4 Å². The molecule has 2 aliphatic rings. The van der Waals surface area contributed by atoms with Gasteiger partial charge in [-0.25, -0.2) is 13.6 Å². The van der Waals surface area contributed by atoms with Gasteiger partial charge in [-0.15, -0.1) is 0 Å². The van der Waals surface area contributed by atoms with Crippen molar-refractivity contribution in [1.29, 1.82) is 0 Å². The van der Waals surface area contributed by atoms with Gasteiger partial charge >= 0.3 is 0 Å². The molecular formula is C13H20N4O2S. The first-order valence-electron chi connectivity index (χ1n) is 6.86. The molecule has 2 fully saturated rings. The van der Waals surface area contributed by atoms with Crippen LogP contribution in [0.15, 0.2) is 23.1 Å². The molecule has 0 radical (unpaired) electrons. The van der Waals surface area contributed by atoms with Crippen LogP contribution in [0, 0.1) is 0 Å².